The van der Waals surface area contributed by atoms with Gasteiger partial charge in [0.05, 0.1) is 21.5 Å². The highest BCUT2D eigenvalue weighted by molar-refractivity contribution is 6.39. The summed E-state index contributed by atoms with van der Waals surface area (Å²) in [6, 6.07) is 19.5. The second-order valence-electron chi connectivity index (χ2n) is 8.06. The number of hydrogen-bond acceptors (Lipinski definition) is 3. The van der Waals surface area contributed by atoms with E-state index in [9.17, 15) is 9.90 Å². The molecule has 0 radical (unpaired) electrons. The summed E-state index contributed by atoms with van der Waals surface area (Å²) in [5, 5.41) is 12.1. The number of likely N-dealkylation sites (N-methyl/N-ethyl adjacent to an activating group) is 1. The van der Waals surface area contributed by atoms with Crippen molar-refractivity contribution in [2.24, 2.45) is 0 Å². The molecule has 2 heterocycles. The molecular weight excluding hydrogens is 431 g/mol. The summed E-state index contributed by atoms with van der Waals surface area (Å²) >= 11 is 12.4. The van der Waals surface area contributed by atoms with Crippen molar-refractivity contribution in [1.82, 2.24) is 9.88 Å². The van der Waals surface area contributed by atoms with Crippen molar-refractivity contribution in [2.75, 3.05) is 13.6 Å². The first-order chi connectivity index (χ1) is 14.9. The van der Waals surface area contributed by atoms with Crippen LogP contribution >= 0.6 is 23.2 Å². The fourth-order valence-corrected chi connectivity index (χ4v) is 5.14. The molecule has 31 heavy (non-hydrogen) atoms. The number of aromatic hydroxyl groups is 1. The predicted octanol–water partition coefficient (Wildman–Crippen LogP) is 5.78. The lowest BCUT2D eigenvalue weighted by Crippen LogP contribution is -2.31. The lowest BCUT2D eigenvalue weighted by Gasteiger charge is -2.33. The van der Waals surface area contributed by atoms with E-state index in [1.807, 2.05) is 36.4 Å². The molecule has 4 aromatic rings. The summed E-state index contributed by atoms with van der Waals surface area (Å²) in [6.45, 7) is 1.72. The van der Waals surface area contributed by atoms with Gasteiger partial charge in [0.2, 0.25) is 0 Å². The zero-order valence-electron chi connectivity index (χ0n) is 16.8. The third-order valence-corrected chi connectivity index (χ3v) is 6.47. The Kier molecular flexibility index (Phi) is 5.01. The van der Waals surface area contributed by atoms with E-state index in [4.69, 9.17) is 23.2 Å². The van der Waals surface area contributed by atoms with Crippen molar-refractivity contribution in [2.45, 2.75) is 12.5 Å². The van der Waals surface area contributed by atoms with Gasteiger partial charge in [0, 0.05) is 24.0 Å². The quantitative estimate of drug-likeness (QED) is 0.406. The molecule has 0 aliphatic carbocycles. The van der Waals surface area contributed by atoms with Gasteiger partial charge in [-0.25, -0.2) is 0 Å². The van der Waals surface area contributed by atoms with Crippen LogP contribution in [-0.2, 0) is 6.54 Å². The van der Waals surface area contributed by atoms with Gasteiger partial charge in [-0.3, -0.25) is 4.79 Å². The smallest absolute Gasteiger partial charge is 0.260 e. The van der Waals surface area contributed by atoms with Gasteiger partial charge in [-0.05, 0) is 47.5 Å². The number of hydrogen-bond donors (Lipinski definition) is 2. The fraction of sp³-hybridized carbons (Fsp3) is 0.160. The van der Waals surface area contributed by atoms with E-state index in [1.54, 1.807) is 12.1 Å². The zero-order valence-corrected chi connectivity index (χ0v) is 18.3. The number of benzene rings is 3. The molecule has 0 spiro atoms. The molecular formula is C25H20Cl2N2O2. The minimum Gasteiger partial charge on any atom is -0.506 e. The normalized spacial score (nSPS) is 16.4. The first kappa shape index (κ1) is 20.1. The van der Waals surface area contributed by atoms with Gasteiger partial charge in [0.15, 0.2) is 0 Å². The van der Waals surface area contributed by atoms with Crippen LogP contribution in [0.4, 0.5) is 0 Å². The second-order valence-corrected chi connectivity index (χ2v) is 8.91. The number of nitrogens with zero attached hydrogens (tertiary/aromatic N) is 1. The minimum absolute atomic E-state index is 0.135. The van der Waals surface area contributed by atoms with Crippen LogP contribution in [0, 0.1) is 0 Å². The molecule has 0 amide bonds. The van der Waals surface area contributed by atoms with Crippen LogP contribution < -0.4 is 5.56 Å². The van der Waals surface area contributed by atoms with Crippen LogP contribution in [0.3, 0.4) is 0 Å². The van der Waals surface area contributed by atoms with Crippen molar-refractivity contribution in [1.29, 1.82) is 0 Å². The molecule has 3 aromatic carbocycles. The summed E-state index contributed by atoms with van der Waals surface area (Å²) in [7, 11) is 2.11. The fourth-order valence-electron chi connectivity index (χ4n) is 4.55. The zero-order chi connectivity index (χ0) is 21.7. The van der Waals surface area contributed by atoms with E-state index in [1.165, 1.54) is 16.7 Å². The Labute approximate surface area is 189 Å². The monoisotopic (exact) mass is 450 g/mol. The molecule has 0 saturated carbocycles. The topological polar surface area (TPSA) is 56.3 Å². The van der Waals surface area contributed by atoms with Gasteiger partial charge in [0.1, 0.15) is 5.75 Å². The van der Waals surface area contributed by atoms with Crippen molar-refractivity contribution in [3.63, 3.8) is 0 Å². The van der Waals surface area contributed by atoms with Crippen molar-refractivity contribution < 1.29 is 5.11 Å². The first-order valence-corrected chi connectivity index (χ1v) is 10.8. The maximum Gasteiger partial charge on any atom is 0.260 e. The van der Waals surface area contributed by atoms with Crippen molar-refractivity contribution in [3.8, 4) is 16.9 Å². The van der Waals surface area contributed by atoms with Gasteiger partial charge >= 0.3 is 0 Å². The molecule has 2 N–H and O–H groups in total. The van der Waals surface area contributed by atoms with Gasteiger partial charge in [-0.15, -0.1) is 0 Å². The van der Waals surface area contributed by atoms with Crippen LogP contribution in [0.5, 0.6) is 5.75 Å². The Bertz CT molecular complexity index is 1370. The number of nitrogens with one attached hydrogen (secondary N) is 1. The van der Waals surface area contributed by atoms with Crippen LogP contribution in [0.1, 0.15) is 22.6 Å². The number of rotatable bonds is 2. The van der Waals surface area contributed by atoms with Crippen LogP contribution in [0.25, 0.3) is 22.0 Å². The molecule has 6 heteroatoms. The summed E-state index contributed by atoms with van der Waals surface area (Å²) in [4.78, 5) is 18.1. The highest BCUT2D eigenvalue weighted by Crippen LogP contribution is 2.40. The highest BCUT2D eigenvalue weighted by atomic mass is 35.5. The van der Waals surface area contributed by atoms with E-state index in [-0.39, 0.29) is 22.8 Å². The van der Waals surface area contributed by atoms with E-state index in [0.717, 1.165) is 13.1 Å². The minimum atomic E-state index is -0.382. The Morgan fingerprint density at radius 2 is 1.84 bits per heavy atom. The Hall–Kier alpha value is -2.79. The van der Waals surface area contributed by atoms with Gasteiger partial charge in [0.25, 0.3) is 5.56 Å². The van der Waals surface area contributed by atoms with Gasteiger partial charge in [-0.2, -0.15) is 0 Å². The molecule has 0 saturated heterocycles. The van der Waals surface area contributed by atoms with Crippen LogP contribution in [-0.4, -0.2) is 28.6 Å². The molecule has 5 rings (SSSR count). The summed E-state index contributed by atoms with van der Waals surface area (Å²) < 4.78 is 0. The van der Waals surface area contributed by atoms with Gasteiger partial charge < -0.3 is 15.0 Å². The second kappa shape index (κ2) is 7.72. The number of H-pyrrole nitrogens is 1. The Balaban J connectivity index is 1.72. The number of halogens is 2. The van der Waals surface area contributed by atoms with E-state index in [0.29, 0.717) is 26.5 Å². The van der Waals surface area contributed by atoms with E-state index < -0.39 is 0 Å². The predicted molar refractivity (Wildman–Crippen MR) is 126 cm³/mol. The molecule has 0 unspecified atom stereocenters. The number of fused-ring (bicyclic) bond motifs is 2. The summed E-state index contributed by atoms with van der Waals surface area (Å²) in [6.07, 6.45) is 0. The molecule has 1 aromatic heterocycles. The lowest BCUT2D eigenvalue weighted by molar-refractivity contribution is 0.295. The largest absolute Gasteiger partial charge is 0.506 e. The highest BCUT2D eigenvalue weighted by Gasteiger charge is 2.26. The van der Waals surface area contributed by atoms with Gasteiger partial charge in [-0.1, -0.05) is 65.7 Å². The van der Waals surface area contributed by atoms with Crippen molar-refractivity contribution in [3.05, 3.63) is 97.8 Å². The van der Waals surface area contributed by atoms with Crippen molar-refractivity contribution >= 4 is 34.1 Å². The summed E-state index contributed by atoms with van der Waals surface area (Å²) in [5.41, 5.74) is 4.51. The summed E-state index contributed by atoms with van der Waals surface area (Å²) in [5.74, 6) is 0.0449. The molecule has 1 atom stereocenters. The maximum atomic E-state index is 12.9. The SMILES string of the molecule is CN1Cc2ccc(-c3c(O)c4c(Cl)cc(Cl)cc4[nH]c3=O)cc2[C@@H](c2ccccc2)C1. The number of pyridine rings is 1. The third kappa shape index (κ3) is 3.51. The average Bonchev–Trinajstić information content (AvgIpc) is 2.73. The van der Waals surface area contributed by atoms with E-state index in [2.05, 4.69) is 29.1 Å². The number of aromatic amines is 1. The lowest BCUT2D eigenvalue weighted by atomic mass is 9.83. The standard InChI is InChI=1S/C25H20Cl2N2O2/c1-29-12-16-8-7-15(9-18(16)19(13-29)14-5-3-2-4-6-14)22-24(30)23-20(27)10-17(26)11-21(23)28-25(22)31/h2-11,19H,12-13H2,1H3,(H2,28,30,31)/t19-/m1/s1. The molecule has 1 aliphatic heterocycles. The average molecular weight is 451 g/mol. The number of aromatic nitrogens is 1. The first-order valence-electron chi connectivity index (χ1n) is 10.0. The maximum absolute atomic E-state index is 12.9. The molecule has 156 valence electrons. The Morgan fingerprint density at radius 1 is 1.06 bits per heavy atom. The molecule has 1 aliphatic rings. The molecule has 0 bridgehead atoms. The molecule has 4 nitrogen and oxygen atoms in total. The Morgan fingerprint density at radius 3 is 2.61 bits per heavy atom. The van der Waals surface area contributed by atoms with E-state index >= 15 is 0 Å². The third-order valence-electron chi connectivity index (χ3n) is 5.95. The van der Waals surface area contributed by atoms with Crippen LogP contribution in [0.15, 0.2) is 65.5 Å². The molecule has 0 fully saturated rings. The van der Waals surface area contributed by atoms with Crippen LogP contribution in [0.2, 0.25) is 10.0 Å².